The van der Waals surface area contributed by atoms with Crippen LogP contribution in [0.3, 0.4) is 0 Å². The summed E-state index contributed by atoms with van der Waals surface area (Å²) in [6, 6.07) is 7.80. The first-order valence-electron chi connectivity index (χ1n) is 11.0. The topological polar surface area (TPSA) is 92.7 Å². The predicted octanol–water partition coefficient (Wildman–Crippen LogP) is 5.57. The van der Waals surface area contributed by atoms with Crippen molar-refractivity contribution >= 4 is 31.5 Å². The van der Waals surface area contributed by atoms with E-state index in [1.807, 2.05) is 6.26 Å². The molecule has 1 aliphatic rings. The van der Waals surface area contributed by atoms with E-state index < -0.39 is 19.2 Å². The average molecular weight is 494 g/mol. The third-order valence-corrected chi connectivity index (χ3v) is 8.23. The zero-order valence-corrected chi connectivity index (χ0v) is 20.8. The van der Waals surface area contributed by atoms with Crippen molar-refractivity contribution in [3.8, 4) is 6.07 Å². The lowest BCUT2D eigenvalue weighted by Crippen LogP contribution is -2.28. The Hall–Kier alpha value is -2.18. The Bertz CT molecular complexity index is 1040. The molecule has 1 fully saturated rings. The highest BCUT2D eigenvalue weighted by Crippen LogP contribution is 2.62. The SMILES string of the molecule is CCOP(=O)(OCC)C(c1ccc(F)cc1)n1nc(SC)c(C#N)c1/N=C/N1CCCCC1. The minimum atomic E-state index is -3.83. The van der Waals surface area contributed by atoms with Gasteiger partial charge in [-0.3, -0.25) is 4.57 Å². The Balaban J connectivity index is 2.21. The predicted molar refractivity (Wildman–Crippen MR) is 128 cm³/mol. The van der Waals surface area contributed by atoms with Crippen LogP contribution < -0.4 is 0 Å². The third kappa shape index (κ3) is 5.85. The third-order valence-electron chi connectivity index (χ3n) is 5.21. The summed E-state index contributed by atoms with van der Waals surface area (Å²) >= 11 is 1.30. The lowest BCUT2D eigenvalue weighted by atomic mass is 10.1. The van der Waals surface area contributed by atoms with Gasteiger partial charge >= 0.3 is 7.60 Å². The molecule has 0 amide bonds. The molecule has 3 rings (SSSR count). The van der Waals surface area contributed by atoms with E-state index >= 15 is 0 Å². The van der Waals surface area contributed by atoms with E-state index in [1.165, 1.54) is 47.1 Å². The minimum Gasteiger partial charge on any atom is -0.363 e. The maximum atomic E-state index is 14.0. The van der Waals surface area contributed by atoms with Crippen LogP contribution in [-0.4, -0.2) is 53.6 Å². The van der Waals surface area contributed by atoms with Crippen LogP contribution in [0.2, 0.25) is 0 Å². The van der Waals surface area contributed by atoms with E-state index in [9.17, 15) is 14.2 Å². The van der Waals surface area contributed by atoms with Crippen LogP contribution in [0, 0.1) is 17.1 Å². The van der Waals surface area contributed by atoms with E-state index in [-0.39, 0.29) is 24.6 Å². The Morgan fingerprint density at radius 2 is 1.88 bits per heavy atom. The first kappa shape index (κ1) is 25.4. The summed E-state index contributed by atoms with van der Waals surface area (Å²) in [4.78, 5) is 6.72. The lowest BCUT2D eigenvalue weighted by Gasteiger charge is -2.28. The molecule has 8 nitrogen and oxygen atoms in total. The molecule has 2 heterocycles. The second kappa shape index (κ2) is 11.8. The van der Waals surface area contributed by atoms with Crippen molar-refractivity contribution in [2.75, 3.05) is 32.6 Å². The maximum absolute atomic E-state index is 14.0. The van der Waals surface area contributed by atoms with Crippen molar-refractivity contribution in [3.63, 3.8) is 0 Å². The van der Waals surface area contributed by atoms with Gasteiger partial charge in [0.15, 0.2) is 11.6 Å². The number of hydrogen-bond acceptors (Lipinski definition) is 7. The number of thioether (sulfide) groups is 1. The van der Waals surface area contributed by atoms with Crippen LogP contribution in [0.5, 0.6) is 0 Å². The number of nitriles is 1. The molecule has 0 aliphatic carbocycles. The number of hydrogen-bond donors (Lipinski definition) is 0. The standard InChI is InChI=1S/C22H29FN5O3PS/c1-4-30-32(29,31-5-2)22(17-9-11-18(23)12-10-17)28-20(19(15-24)21(26-28)33-3)25-16-27-13-7-6-8-14-27/h9-12,16,22H,4-8,13-14H2,1-3H3/b25-16+. The van der Waals surface area contributed by atoms with Crippen molar-refractivity contribution in [2.24, 2.45) is 4.99 Å². The molecule has 2 aromatic rings. The van der Waals surface area contributed by atoms with Crippen LogP contribution in [0.15, 0.2) is 34.3 Å². The molecule has 11 heteroatoms. The molecule has 1 aromatic heterocycles. The van der Waals surface area contributed by atoms with Gasteiger partial charge in [-0.15, -0.1) is 11.8 Å². The van der Waals surface area contributed by atoms with Crippen molar-refractivity contribution < 1.29 is 18.0 Å². The summed E-state index contributed by atoms with van der Waals surface area (Å²) in [6.07, 6.45) is 6.86. The minimum absolute atomic E-state index is 0.142. The molecule has 33 heavy (non-hydrogen) atoms. The van der Waals surface area contributed by atoms with Gasteiger partial charge in [0.05, 0.1) is 19.6 Å². The number of halogens is 1. The van der Waals surface area contributed by atoms with Gasteiger partial charge in [-0.25, -0.2) is 14.1 Å². The van der Waals surface area contributed by atoms with Gasteiger partial charge in [0, 0.05) is 13.1 Å². The van der Waals surface area contributed by atoms with E-state index in [0.717, 1.165) is 25.9 Å². The monoisotopic (exact) mass is 493 g/mol. The number of benzene rings is 1. The van der Waals surface area contributed by atoms with Crippen LogP contribution in [0.1, 0.15) is 50.0 Å². The van der Waals surface area contributed by atoms with Gasteiger partial charge in [0.1, 0.15) is 22.5 Å². The van der Waals surface area contributed by atoms with Crippen molar-refractivity contribution in [1.29, 1.82) is 5.26 Å². The number of likely N-dealkylation sites (tertiary alicyclic amines) is 1. The molecule has 0 radical (unpaired) electrons. The summed E-state index contributed by atoms with van der Waals surface area (Å²) in [6.45, 7) is 5.49. The molecule has 1 unspecified atom stereocenters. The highest BCUT2D eigenvalue weighted by molar-refractivity contribution is 7.98. The van der Waals surface area contributed by atoms with Gasteiger partial charge in [-0.05, 0) is 57.1 Å². The largest absolute Gasteiger partial charge is 0.363 e. The molecule has 0 bridgehead atoms. The van der Waals surface area contributed by atoms with Crippen LogP contribution >= 0.6 is 19.4 Å². The molecule has 1 atom stereocenters. The molecule has 0 N–H and O–H groups in total. The normalized spacial score (nSPS) is 15.7. The van der Waals surface area contributed by atoms with Gasteiger partial charge in [0.25, 0.3) is 0 Å². The Labute approximate surface area is 198 Å². The van der Waals surface area contributed by atoms with Gasteiger partial charge in [-0.1, -0.05) is 12.1 Å². The summed E-state index contributed by atoms with van der Waals surface area (Å²) < 4.78 is 40.5. The lowest BCUT2D eigenvalue weighted by molar-refractivity contribution is 0.206. The highest BCUT2D eigenvalue weighted by Gasteiger charge is 2.41. The second-order valence-corrected chi connectivity index (χ2v) is 10.3. The van der Waals surface area contributed by atoms with E-state index in [1.54, 1.807) is 20.2 Å². The Morgan fingerprint density at radius 1 is 1.24 bits per heavy atom. The number of piperidine rings is 1. The molecular formula is C22H29FN5O3PS. The van der Waals surface area contributed by atoms with E-state index in [2.05, 4.69) is 21.1 Å². The smallest absolute Gasteiger partial charge is 0.359 e. The number of rotatable bonds is 10. The van der Waals surface area contributed by atoms with Crippen molar-refractivity contribution in [2.45, 2.75) is 43.9 Å². The number of aliphatic imine (C=N–C) groups is 1. The molecule has 1 saturated heterocycles. The molecule has 0 spiro atoms. The fourth-order valence-electron chi connectivity index (χ4n) is 3.74. The van der Waals surface area contributed by atoms with Gasteiger partial charge in [-0.2, -0.15) is 10.4 Å². The van der Waals surface area contributed by atoms with E-state index in [4.69, 9.17) is 9.05 Å². The molecule has 178 valence electrons. The molecule has 0 saturated carbocycles. The molecule has 1 aliphatic heterocycles. The summed E-state index contributed by atoms with van der Waals surface area (Å²) in [7, 11) is -3.83. The zero-order valence-electron chi connectivity index (χ0n) is 19.1. The summed E-state index contributed by atoms with van der Waals surface area (Å²) in [5.74, 6) is -1.20. The molecular weight excluding hydrogens is 464 g/mol. The van der Waals surface area contributed by atoms with E-state index in [0.29, 0.717) is 10.6 Å². The average Bonchev–Trinajstić information content (AvgIpc) is 3.17. The number of nitrogens with zero attached hydrogens (tertiary/aromatic N) is 5. The maximum Gasteiger partial charge on any atom is 0.359 e. The Morgan fingerprint density at radius 3 is 2.42 bits per heavy atom. The fraction of sp³-hybridized carbons (Fsp3) is 0.500. The number of aromatic nitrogens is 2. The van der Waals surface area contributed by atoms with Crippen LogP contribution in [-0.2, 0) is 13.6 Å². The first-order valence-corrected chi connectivity index (χ1v) is 13.8. The fourth-order valence-corrected chi connectivity index (χ4v) is 6.30. The summed E-state index contributed by atoms with van der Waals surface area (Å²) in [5.41, 5.74) is 0.762. The van der Waals surface area contributed by atoms with Crippen molar-refractivity contribution in [3.05, 3.63) is 41.2 Å². The summed E-state index contributed by atoms with van der Waals surface area (Å²) in [5, 5.41) is 14.9. The molecule has 1 aromatic carbocycles. The second-order valence-electron chi connectivity index (χ2n) is 7.41. The first-order chi connectivity index (χ1) is 16.0. The zero-order chi connectivity index (χ0) is 23.8. The highest BCUT2D eigenvalue weighted by atomic mass is 32.2. The van der Waals surface area contributed by atoms with Crippen molar-refractivity contribution in [1.82, 2.24) is 14.7 Å². The van der Waals surface area contributed by atoms with Gasteiger partial charge < -0.3 is 13.9 Å². The van der Waals surface area contributed by atoms with Crippen LogP contribution in [0.25, 0.3) is 0 Å². The Kier molecular flexibility index (Phi) is 9.10. The van der Waals surface area contributed by atoms with Gasteiger partial charge in [0.2, 0.25) is 0 Å². The van der Waals surface area contributed by atoms with Crippen LogP contribution in [0.4, 0.5) is 10.2 Å². The quantitative estimate of drug-likeness (QED) is 0.185.